The molecule has 0 radical (unpaired) electrons. The molecule has 0 aromatic rings. The van der Waals surface area contributed by atoms with Crippen LogP contribution in [0.5, 0.6) is 0 Å². The second kappa shape index (κ2) is 7.05. The fourth-order valence-corrected chi connectivity index (χ4v) is 3.69. The molecule has 2 unspecified atom stereocenters. The Labute approximate surface area is 116 Å². The van der Waals surface area contributed by atoms with E-state index in [1.807, 2.05) is 14.0 Å². The van der Waals surface area contributed by atoms with Crippen LogP contribution < -0.4 is 4.72 Å². The Balaban J connectivity index is 2.43. The molecule has 0 spiro atoms. The molecule has 18 heavy (non-hydrogen) atoms. The van der Waals surface area contributed by atoms with Gasteiger partial charge in [-0.3, -0.25) is 4.90 Å². The van der Waals surface area contributed by atoms with E-state index >= 15 is 0 Å². The second-order valence-electron chi connectivity index (χ2n) is 5.29. The number of hydrogen-bond acceptors (Lipinski definition) is 4. The Morgan fingerprint density at radius 1 is 1.39 bits per heavy atom. The predicted molar refractivity (Wildman–Crippen MR) is 75.6 cm³/mol. The van der Waals surface area contributed by atoms with Gasteiger partial charge in [0.05, 0.1) is 5.75 Å². The zero-order chi connectivity index (χ0) is 13.8. The lowest BCUT2D eigenvalue weighted by Gasteiger charge is -2.37. The molecule has 1 fully saturated rings. The van der Waals surface area contributed by atoms with Gasteiger partial charge in [0.2, 0.25) is 10.0 Å². The van der Waals surface area contributed by atoms with Crippen molar-refractivity contribution >= 4 is 21.6 Å². The minimum atomic E-state index is -3.21. The monoisotopic (exact) mass is 297 g/mol. The van der Waals surface area contributed by atoms with Crippen molar-refractivity contribution in [1.29, 1.82) is 0 Å². The van der Waals surface area contributed by atoms with Crippen LogP contribution in [0.2, 0.25) is 0 Å². The molecule has 1 heterocycles. The summed E-state index contributed by atoms with van der Waals surface area (Å²) in [5, 5.41) is 0. The van der Waals surface area contributed by atoms with Crippen LogP contribution in [0.25, 0.3) is 0 Å². The molecule has 1 N–H and O–H groups in total. The van der Waals surface area contributed by atoms with Crippen molar-refractivity contribution in [1.82, 2.24) is 14.5 Å². The average molecular weight is 298 g/mol. The third-order valence-electron chi connectivity index (χ3n) is 3.29. The van der Waals surface area contributed by atoms with Crippen molar-refractivity contribution < 1.29 is 8.42 Å². The quantitative estimate of drug-likeness (QED) is 0.703. The van der Waals surface area contributed by atoms with E-state index in [0.717, 1.165) is 19.6 Å². The fraction of sp³-hybridized carbons (Fsp3) is 1.00. The van der Waals surface area contributed by atoms with E-state index in [-0.39, 0.29) is 17.7 Å². The summed E-state index contributed by atoms with van der Waals surface area (Å²) < 4.78 is 26.3. The lowest BCUT2D eigenvalue weighted by molar-refractivity contribution is 0.117. The largest absolute Gasteiger partial charge is 0.303 e. The summed E-state index contributed by atoms with van der Waals surface area (Å²) in [5.74, 6) is 0.450. The highest BCUT2D eigenvalue weighted by molar-refractivity contribution is 7.89. The zero-order valence-corrected chi connectivity index (χ0v) is 13.0. The van der Waals surface area contributed by atoms with Crippen LogP contribution in [0.4, 0.5) is 0 Å². The molecular weight excluding hydrogens is 274 g/mol. The number of rotatable bonds is 6. The second-order valence-corrected chi connectivity index (χ2v) is 7.45. The first-order valence-corrected chi connectivity index (χ1v) is 8.45. The Morgan fingerprint density at radius 3 is 2.67 bits per heavy atom. The fourth-order valence-electron chi connectivity index (χ4n) is 2.02. The van der Waals surface area contributed by atoms with Gasteiger partial charge in [0.15, 0.2) is 0 Å². The van der Waals surface area contributed by atoms with Gasteiger partial charge in [-0.2, -0.15) is 0 Å². The zero-order valence-electron chi connectivity index (χ0n) is 11.4. The van der Waals surface area contributed by atoms with Crippen molar-refractivity contribution in [2.75, 3.05) is 51.9 Å². The molecule has 1 saturated heterocycles. The Bertz CT molecular complexity index is 350. The van der Waals surface area contributed by atoms with E-state index in [0.29, 0.717) is 12.4 Å². The van der Waals surface area contributed by atoms with Crippen LogP contribution in [0.15, 0.2) is 0 Å². The number of likely N-dealkylation sites (N-methyl/N-ethyl adjacent to an activating group) is 2. The topological polar surface area (TPSA) is 52.7 Å². The van der Waals surface area contributed by atoms with Crippen LogP contribution in [0.3, 0.4) is 0 Å². The molecule has 0 aromatic heterocycles. The van der Waals surface area contributed by atoms with Crippen LogP contribution in [-0.2, 0) is 10.0 Å². The number of halogens is 1. The van der Waals surface area contributed by atoms with Gasteiger partial charge in [-0.25, -0.2) is 13.1 Å². The number of hydrogen-bond donors (Lipinski definition) is 1. The molecule has 2 atom stereocenters. The maximum Gasteiger partial charge on any atom is 0.211 e. The molecule has 0 saturated carbocycles. The van der Waals surface area contributed by atoms with Gasteiger partial charge < -0.3 is 4.90 Å². The summed E-state index contributed by atoms with van der Waals surface area (Å²) in [6.45, 7) is 5.21. The van der Waals surface area contributed by atoms with Gasteiger partial charge in [0, 0.05) is 38.1 Å². The number of nitrogens with zero attached hydrogens (tertiary/aromatic N) is 2. The van der Waals surface area contributed by atoms with Crippen LogP contribution in [0.1, 0.15) is 6.92 Å². The SMILES string of the molecule is CC(CCl)CS(=O)(=O)NCC1CN(C)CCN1C. The number of piperazine rings is 1. The van der Waals surface area contributed by atoms with Crippen molar-refractivity contribution in [3.63, 3.8) is 0 Å². The Morgan fingerprint density at radius 2 is 2.06 bits per heavy atom. The van der Waals surface area contributed by atoms with Gasteiger partial charge in [-0.15, -0.1) is 11.6 Å². The molecule has 0 amide bonds. The summed E-state index contributed by atoms with van der Waals surface area (Å²) in [7, 11) is 0.882. The number of alkyl halides is 1. The molecule has 1 aliphatic heterocycles. The van der Waals surface area contributed by atoms with Crippen LogP contribution in [0, 0.1) is 5.92 Å². The first kappa shape index (κ1) is 16.2. The van der Waals surface area contributed by atoms with E-state index in [1.54, 1.807) is 0 Å². The van der Waals surface area contributed by atoms with Crippen LogP contribution in [-0.4, -0.2) is 76.2 Å². The lowest BCUT2D eigenvalue weighted by atomic mass is 10.2. The van der Waals surface area contributed by atoms with Gasteiger partial charge in [0.25, 0.3) is 0 Å². The summed E-state index contributed by atoms with van der Waals surface area (Å²) in [6, 6.07) is 0.241. The third kappa shape index (κ3) is 5.40. The Kier molecular flexibility index (Phi) is 6.34. The standard InChI is InChI=1S/C11H24ClN3O2S/c1-10(6-12)9-18(16,17)13-7-11-8-14(2)4-5-15(11)3/h10-11,13H,4-9H2,1-3H3. The van der Waals surface area contributed by atoms with Crippen molar-refractivity contribution in [3.8, 4) is 0 Å². The first-order chi connectivity index (χ1) is 8.34. The number of nitrogens with one attached hydrogen (secondary N) is 1. The van der Waals surface area contributed by atoms with Gasteiger partial charge >= 0.3 is 0 Å². The highest BCUT2D eigenvalue weighted by atomic mass is 35.5. The number of sulfonamides is 1. The summed E-state index contributed by atoms with van der Waals surface area (Å²) in [6.07, 6.45) is 0. The third-order valence-corrected chi connectivity index (χ3v) is 5.43. The smallest absolute Gasteiger partial charge is 0.211 e. The highest BCUT2D eigenvalue weighted by Gasteiger charge is 2.24. The minimum Gasteiger partial charge on any atom is -0.303 e. The normalized spacial score (nSPS) is 25.2. The molecular formula is C11H24ClN3O2S. The van der Waals surface area contributed by atoms with E-state index in [2.05, 4.69) is 21.6 Å². The highest BCUT2D eigenvalue weighted by Crippen LogP contribution is 2.06. The van der Waals surface area contributed by atoms with E-state index in [1.165, 1.54) is 0 Å². The molecule has 0 aliphatic carbocycles. The lowest BCUT2D eigenvalue weighted by Crippen LogP contribution is -2.54. The molecule has 1 rings (SSSR count). The summed E-state index contributed by atoms with van der Waals surface area (Å²) >= 11 is 5.64. The van der Waals surface area contributed by atoms with Gasteiger partial charge in [-0.05, 0) is 20.0 Å². The summed E-state index contributed by atoms with van der Waals surface area (Å²) in [4.78, 5) is 4.42. The molecule has 0 bridgehead atoms. The van der Waals surface area contributed by atoms with Crippen molar-refractivity contribution in [2.45, 2.75) is 13.0 Å². The van der Waals surface area contributed by atoms with Gasteiger partial charge in [-0.1, -0.05) is 6.92 Å². The van der Waals surface area contributed by atoms with Crippen LogP contribution >= 0.6 is 11.6 Å². The maximum atomic E-state index is 11.8. The van der Waals surface area contributed by atoms with E-state index in [4.69, 9.17) is 11.6 Å². The van der Waals surface area contributed by atoms with Gasteiger partial charge in [0.1, 0.15) is 0 Å². The predicted octanol–water partition coefficient (Wildman–Crippen LogP) is 0.0265. The van der Waals surface area contributed by atoms with Crippen molar-refractivity contribution in [3.05, 3.63) is 0 Å². The molecule has 5 nitrogen and oxygen atoms in total. The molecule has 7 heteroatoms. The van der Waals surface area contributed by atoms with E-state index in [9.17, 15) is 8.42 Å². The average Bonchev–Trinajstić information content (AvgIpc) is 2.30. The molecule has 108 valence electrons. The Hall–Kier alpha value is 0.120. The molecule has 1 aliphatic rings. The summed E-state index contributed by atoms with van der Waals surface area (Å²) in [5.41, 5.74) is 0. The molecule has 0 aromatic carbocycles. The first-order valence-electron chi connectivity index (χ1n) is 6.26. The maximum absolute atomic E-state index is 11.8. The minimum absolute atomic E-state index is 0.0177. The van der Waals surface area contributed by atoms with Crippen molar-refractivity contribution in [2.24, 2.45) is 5.92 Å². The van der Waals surface area contributed by atoms with E-state index < -0.39 is 10.0 Å².